The van der Waals surface area contributed by atoms with Gasteiger partial charge in [-0.15, -0.1) is 0 Å². The SMILES string of the molecule is O=C(Nc1ccc(F)cc1)C(=O)Nc1ccccc1Oc1ccccc1. The highest BCUT2D eigenvalue weighted by Gasteiger charge is 2.16. The Morgan fingerprint density at radius 3 is 2.08 bits per heavy atom. The van der Waals surface area contributed by atoms with E-state index in [-0.39, 0.29) is 0 Å². The second-order valence-electron chi connectivity index (χ2n) is 5.33. The highest BCUT2D eigenvalue weighted by molar-refractivity contribution is 6.43. The lowest BCUT2D eigenvalue weighted by molar-refractivity contribution is -0.133. The highest BCUT2D eigenvalue weighted by Crippen LogP contribution is 2.29. The van der Waals surface area contributed by atoms with Crippen LogP contribution in [-0.2, 0) is 9.59 Å². The molecule has 2 amide bonds. The van der Waals surface area contributed by atoms with Crippen molar-refractivity contribution in [3.8, 4) is 11.5 Å². The number of carbonyl (C=O) groups excluding carboxylic acids is 2. The van der Waals surface area contributed by atoms with Gasteiger partial charge in [-0.1, -0.05) is 30.3 Å². The zero-order chi connectivity index (χ0) is 18.4. The van der Waals surface area contributed by atoms with Crippen LogP contribution in [-0.4, -0.2) is 11.8 Å². The van der Waals surface area contributed by atoms with E-state index in [1.54, 1.807) is 36.4 Å². The maximum Gasteiger partial charge on any atom is 0.314 e. The molecule has 0 aliphatic rings. The minimum Gasteiger partial charge on any atom is -0.455 e. The Morgan fingerprint density at radius 1 is 0.731 bits per heavy atom. The van der Waals surface area contributed by atoms with Gasteiger partial charge in [0.2, 0.25) is 0 Å². The van der Waals surface area contributed by atoms with Crippen molar-refractivity contribution >= 4 is 23.2 Å². The van der Waals surface area contributed by atoms with Crippen LogP contribution >= 0.6 is 0 Å². The molecular weight excluding hydrogens is 335 g/mol. The lowest BCUT2D eigenvalue weighted by atomic mass is 10.2. The van der Waals surface area contributed by atoms with Gasteiger partial charge >= 0.3 is 11.8 Å². The summed E-state index contributed by atoms with van der Waals surface area (Å²) in [6, 6.07) is 21.0. The van der Waals surface area contributed by atoms with E-state index in [1.807, 2.05) is 18.2 Å². The third-order valence-electron chi connectivity index (χ3n) is 3.41. The molecule has 2 N–H and O–H groups in total. The average molecular weight is 350 g/mol. The summed E-state index contributed by atoms with van der Waals surface area (Å²) >= 11 is 0. The number of para-hydroxylation sites is 3. The smallest absolute Gasteiger partial charge is 0.314 e. The Balaban J connectivity index is 1.69. The third-order valence-corrected chi connectivity index (χ3v) is 3.41. The molecule has 0 unspecified atom stereocenters. The number of ether oxygens (including phenoxy) is 1. The van der Waals surface area contributed by atoms with Gasteiger partial charge in [0.1, 0.15) is 11.6 Å². The van der Waals surface area contributed by atoms with Gasteiger partial charge in [0.15, 0.2) is 5.75 Å². The van der Waals surface area contributed by atoms with E-state index in [2.05, 4.69) is 10.6 Å². The van der Waals surface area contributed by atoms with Crippen LogP contribution in [0, 0.1) is 5.82 Å². The predicted octanol–water partition coefficient (Wildman–Crippen LogP) is 4.20. The van der Waals surface area contributed by atoms with Gasteiger partial charge < -0.3 is 15.4 Å². The van der Waals surface area contributed by atoms with Crippen molar-refractivity contribution in [3.05, 3.63) is 84.7 Å². The lowest BCUT2D eigenvalue weighted by Gasteiger charge is -2.12. The minimum atomic E-state index is -0.869. The number of carbonyl (C=O) groups is 2. The zero-order valence-corrected chi connectivity index (χ0v) is 13.6. The summed E-state index contributed by atoms with van der Waals surface area (Å²) in [6.07, 6.45) is 0. The van der Waals surface area contributed by atoms with Crippen LogP contribution in [0.2, 0.25) is 0 Å². The van der Waals surface area contributed by atoms with E-state index in [4.69, 9.17) is 4.74 Å². The molecule has 3 rings (SSSR count). The number of anilines is 2. The number of nitrogens with one attached hydrogen (secondary N) is 2. The standard InChI is InChI=1S/C20H15FN2O3/c21-14-10-12-15(13-11-14)22-19(24)20(25)23-17-8-4-5-9-18(17)26-16-6-2-1-3-7-16/h1-13H,(H,22,24)(H,23,25). The molecule has 5 nitrogen and oxygen atoms in total. The van der Waals surface area contributed by atoms with Gasteiger partial charge in [-0.3, -0.25) is 9.59 Å². The van der Waals surface area contributed by atoms with Crippen LogP contribution in [0.4, 0.5) is 15.8 Å². The maximum atomic E-state index is 12.9. The van der Waals surface area contributed by atoms with Crippen molar-refractivity contribution in [2.45, 2.75) is 0 Å². The molecule has 3 aromatic rings. The Bertz CT molecular complexity index is 912. The molecule has 0 radical (unpaired) electrons. The minimum absolute atomic E-state index is 0.320. The number of halogens is 1. The highest BCUT2D eigenvalue weighted by atomic mass is 19.1. The number of rotatable bonds is 4. The summed E-state index contributed by atoms with van der Waals surface area (Å²) < 4.78 is 18.6. The first-order valence-corrected chi connectivity index (χ1v) is 7.81. The Labute approximate surface area is 149 Å². The fraction of sp³-hybridized carbons (Fsp3) is 0. The van der Waals surface area contributed by atoms with E-state index in [1.165, 1.54) is 24.3 Å². The molecule has 0 spiro atoms. The fourth-order valence-corrected chi connectivity index (χ4v) is 2.17. The largest absolute Gasteiger partial charge is 0.455 e. The second-order valence-corrected chi connectivity index (χ2v) is 5.33. The first kappa shape index (κ1) is 17.2. The van der Waals surface area contributed by atoms with Gasteiger partial charge in [-0.25, -0.2) is 4.39 Å². The molecule has 0 saturated heterocycles. The quantitative estimate of drug-likeness (QED) is 0.693. The molecule has 0 bridgehead atoms. The molecule has 0 aliphatic carbocycles. The third kappa shape index (κ3) is 4.45. The maximum absolute atomic E-state index is 12.9. The van der Waals surface area contributed by atoms with E-state index in [0.29, 0.717) is 22.9 Å². The van der Waals surface area contributed by atoms with Gasteiger partial charge in [0.25, 0.3) is 0 Å². The number of benzene rings is 3. The van der Waals surface area contributed by atoms with Crippen LogP contribution in [0.1, 0.15) is 0 Å². The van der Waals surface area contributed by atoms with Gasteiger partial charge in [0.05, 0.1) is 5.69 Å². The summed E-state index contributed by atoms with van der Waals surface area (Å²) in [4.78, 5) is 24.1. The second kappa shape index (κ2) is 7.94. The van der Waals surface area contributed by atoms with Crippen LogP contribution < -0.4 is 15.4 Å². The van der Waals surface area contributed by atoms with Crippen molar-refractivity contribution in [2.24, 2.45) is 0 Å². The molecule has 0 heterocycles. The molecule has 0 saturated carbocycles. The fourth-order valence-electron chi connectivity index (χ4n) is 2.17. The van der Waals surface area contributed by atoms with Crippen molar-refractivity contribution < 1.29 is 18.7 Å². The average Bonchev–Trinajstić information content (AvgIpc) is 2.66. The van der Waals surface area contributed by atoms with Crippen LogP contribution in [0.25, 0.3) is 0 Å². The van der Waals surface area contributed by atoms with E-state index in [9.17, 15) is 14.0 Å². The first-order valence-electron chi connectivity index (χ1n) is 7.81. The van der Waals surface area contributed by atoms with Gasteiger partial charge in [0, 0.05) is 5.69 Å². The lowest BCUT2D eigenvalue weighted by Crippen LogP contribution is -2.29. The summed E-state index contributed by atoms with van der Waals surface area (Å²) in [5.41, 5.74) is 0.677. The molecule has 3 aromatic carbocycles. The number of amides is 2. The van der Waals surface area contributed by atoms with Crippen LogP contribution in [0.5, 0.6) is 11.5 Å². The van der Waals surface area contributed by atoms with E-state index >= 15 is 0 Å². The van der Waals surface area contributed by atoms with Crippen LogP contribution in [0.15, 0.2) is 78.9 Å². The van der Waals surface area contributed by atoms with E-state index < -0.39 is 17.6 Å². The van der Waals surface area contributed by atoms with Crippen molar-refractivity contribution in [3.63, 3.8) is 0 Å². The Morgan fingerprint density at radius 2 is 1.35 bits per heavy atom. The summed E-state index contributed by atoms with van der Waals surface area (Å²) in [7, 11) is 0. The molecule has 0 aromatic heterocycles. The summed E-state index contributed by atoms with van der Waals surface area (Å²) in [5, 5.41) is 4.91. The molecule has 130 valence electrons. The Hall–Kier alpha value is -3.67. The van der Waals surface area contributed by atoms with E-state index in [0.717, 1.165) is 0 Å². The predicted molar refractivity (Wildman–Crippen MR) is 96.6 cm³/mol. The van der Waals surface area contributed by atoms with Crippen molar-refractivity contribution in [1.82, 2.24) is 0 Å². The number of hydrogen-bond donors (Lipinski definition) is 2. The topological polar surface area (TPSA) is 67.4 Å². The molecule has 26 heavy (non-hydrogen) atoms. The molecule has 0 aliphatic heterocycles. The molecular formula is C20H15FN2O3. The first-order chi connectivity index (χ1) is 12.6. The van der Waals surface area contributed by atoms with Crippen molar-refractivity contribution in [1.29, 1.82) is 0 Å². The Kier molecular flexibility index (Phi) is 5.24. The zero-order valence-electron chi connectivity index (χ0n) is 13.6. The van der Waals surface area contributed by atoms with Gasteiger partial charge in [-0.05, 0) is 48.5 Å². The summed E-state index contributed by atoms with van der Waals surface area (Å²) in [6.45, 7) is 0. The van der Waals surface area contributed by atoms with Crippen molar-refractivity contribution in [2.75, 3.05) is 10.6 Å². The monoisotopic (exact) mass is 350 g/mol. The molecule has 0 fully saturated rings. The molecule has 0 atom stereocenters. The normalized spacial score (nSPS) is 10.0. The van der Waals surface area contributed by atoms with Gasteiger partial charge in [-0.2, -0.15) is 0 Å². The summed E-state index contributed by atoms with van der Waals surface area (Å²) in [5.74, 6) is -1.16. The van der Waals surface area contributed by atoms with Crippen LogP contribution in [0.3, 0.4) is 0 Å². The molecule has 6 heteroatoms. The number of hydrogen-bond acceptors (Lipinski definition) is 3.